The van der Waals surface area contributed by atoms with Crippen molar-refractivity contribution in [1.82, 2.24) is 0 Å². The van der Waals surface area contributed by atoms with Gasteiger partial charge in [0.15, 0.2) is 12.2 Å². The van der Waals surface area contributed by atoms with Gasteiger partial charge in [-0.05, 0) is 135 Å². The summed E-state index contributed by atoms with van der Waals surface area (Å²) in [5, 5.41) is 10.6. The molecule has 3 N–H and O–H groups in total. The first-order valence-corrected chi connectivity index (χ1v) is 41.7. The number of aliphatic hydroxyl groups excluding tert-OH is 1. The van der Waals surface area contributed by atoms with E-state index < -0.39 is 97.5 Å². The highest BCUT2D eigenvalue weighted by Gasteiger charge is 2.30. The van der Waals surface area contributed by atoms with Crippen LogP contribution in [0.15, 0.2) is 158 Å². The van der Waals surface area contributed by atoms with E-state index in [4.69, 9.17) is 37.0 Å². The van der Waals surface area contributed by atoms with E-state index in [0.717, 1.165) is 148 Å². The molecule has 0 radical (unpaired) electrons. The van der Waals surface area contributed by atoms with Gasteiger partial charge in [0.2, 0.25) is 0 Å². The van der Waals surface area contributed by atoms with Crippen LogP contribution in [0.3, 0.4) is 0 Å². The lowest BCUT2D eigenvalue weighted by Gasteiger charge is -2.21. The molecule has 0 aromatic rings. The highest BCUT2D eigenvalue weighted by molar-refractivity contribution is 7.47. The largest absolute Gasteiger partial charge is 0.472 e. The van der Waals surface area contributed by atoms with E-state index in [-0.39, 0.29) is 25.7 Å². The molecule has 17 nitrogen and oxygen atoms in total. The normalized spacial score (nSPS) is 14.8. The summed E-state index contributed by atoms with van der Waals surface area (Å²) in [7, 11) is -10.00. The monoisotopic (exact) mass is 1470 g/mol. The smallest absolute Gasteiger partial charge is 0.462 e. The van der Waals surface area contributed by atoms with Crippen molar-refractivity contribution in [2.75, 3.05) is 39.6 Å². The molecular formula is C83H136O17P2. The Morgan fingerprint density at radius 2 is 0.529 bits per heavy atom. The Kier molecular flexibility index (Phi) is 70.1. The number of carbonyl (C=O) groups excluding carboxylic acids is 4. The number of aliphatic hydroxyl groups is 1. The maximum atomic E-state index is 13.1. The van der Waals surface area contributed by atoms with E-state index in [1.165, 1.54) is 51.4 Å². The number of unbranched alkanes of at least 4 members (excludes halogenated alkanes) is 19. The van der Waals surface area contributed by atoms with E-state index in [9.17, 15) is 43.2 Å². The van der Waals surface area contributed by atoms with Crippen molar-refractivity contribution < 1.29 is 80.2 Å². The predicted octanol–water partition coefficient (Wildman–Crippen LogP) is 22.4. The minimum absolute atomic E-state index is 0.0325. The zero-order valence-corrected chi connectivity index (χ0v) is 65.0. The summed E-state index contributed by atoms with van der Waals surface area (Å²) in [4.78, 5) is 72.9. The minimum Gasteiger partial charge on any atom is -0.462 e. The fraction of sp³-hybridized carbons (Fsp3) is 0.639. The predicted molar refractivity (Wildman–Crippen MR) is 417 cm³/mol. The van der Waals surface area contributed by atoms with Crippen molar-refractivity contribution in [2.45, 2.75) is 303 Å². The Hall–Kier alpha value is -5.32. The van der Waals surface area contributed by atoms with Gasteiger partial charge in [-0.2, -0.15) is 0 Å². The fourth-order valence-corrected chi connectivity index (χ4v) is 11.3. The summed E-state index contributed by atoms with van der Waals surface area (Å²) < 4.78 is 68.4. The van der Waals surface area contributed by atoms with Crippen molar-refractivity contribution in [3.8, 4) is 0 Å². The molecule has 102 heavy (non-hydrogen) atoms. The Labute approximate surface area is 617 Å². The van der Waals surface area contributed by atoms with Crippen molar-refractivity contribution in [2.24, 2.45) is 0 Å². The summed E-state index contributed by atoms with van der Waals surface area (Å²) in [6.45, 7) is 4.37. The van der Waals surface area contributed by atoms with Gasteiger partial charge in [0.1, 0.15) is 19.3 Å². The molecule has 0 heterocycles. The fourth-order valence-electron chi connectivity index (χ4n) is 9.72. The van der Waals surface area contributed by atoms with Crippen LogP contribution < -0.4 is 0 Å². The zero-order chi connectivity index (χ0) is 74.6. The third-order valence-electron chi connectivity index (χ3n) is 15.5. The number of allylic oxidation sites excluding steroid dienone is 26. The molecule has 0 aromatic carbocycles. The molecule has 0 bridgehead atoms. The number of phosphoric ester groups is 2. The standard InChI is InChI=1S/C83H136O17P2/c1-5-9-13-17-21-25-29-33-36-37-38-39-42-45-48-52-56-60-64-68-81(86)94-73-78(99-82(87)69-65-61-57-53-49-43-32-28-24-20-16-12-8-4)75-97-101(89,90)95-71-77(84)72-96-102(91,92)98-76-79(100-83(88)70-66-62-58-54-50-46-41-35-31-27-23-19-15-11-7-3)74-93-80(85)67-63-59-55-51-47-44-40-34-30-26-22-18-14-10-6-2/h9-11,13-15,21-23,25-27,33-36,38-41,45,47-48,51,56,60,77-79,84H,5-8,12,16-20,24,28-32,37,42-44,46,49-50,52-55,57-59,61-76H2,1-4H3,(H,89,90)(H,91,92)/b13-9-,14-10-,15-11-,25-21-,26-22-,27-23-,36-33-,39-38-,40-34-,41-35-,48-45-,51-47-,60-56-. The van der Waals surface area contributed by atoms with E-state index in [0.29, 0.717) is 32.1 Å². The molecule has 0 spiro atoms. The third kappa shape index (κ3) is 73.0. The van der Waals surface area contributed by atoms with E-state index >= 15 is 0 Å². The summed E-state index contributed by atoms with van der Waals surface area (Å²) >= 11 is 0. The molecule has 0 aliphatic carbocycles. The molecule has 5 unspecified atom stereocenters. The number of hydrogen-bond donors (Lipinski definition) is 3. The lowest BCUT2D eigenvalue weighted by atomic mass is 10.0. The number of hydrogen-bond acceptors (Lipinski definition) is 15. The quantitative estimate of drug-likeness (QED) is 0.0169. The Bertz CT molecular complexity index is 2550. The van der Waals surface area contributed by atoms with Crippen LogP contribution >= 0.6 is 15.6 Å². The van der Waals surface area contributed by atoms with Crippen LogP contribution in [-0.4, -0.2) is 96.7 Å². The molecule has 0 rings (SSSR count). The number of phosphoric acid groups is 2. The van der Waals surface area contributed by atoms with Crippen molar-refractivity contribution >= 4 is 39.5 Å². The van der Waals surface area contributed by atoms with Gasteiger partial charge in [-0.3, -0.25) is 37.3 Å². The van der Waals surface area contributed by atoms with Crippen LogP contribution in [0.4, 0.5) is 0 Å². The maximum Gasteiger partial charge on any atom is 0.472 e. The van der Waals surface area contributed by atoms with Crippen LogP contribution in [0.1, 0.15) is 285 Å². The van der Waals surface area contributed by atoms with Crippen molar-refractivity contribution in [1.29, 1.82) is 0 Å². The first-order chi connectivity index (χ1) is 49.7. The van der Waals surface area contributed by atoms with Crippen LogP contribution in [0.5, 0.6) is 0 Å². The number of esters is 4. The van der Waals surface area contributed by atoms with Gasteiger partial charge in [-0.15, -0.1) is 0 Å². The molecular weight excluding hydrogens is 1330 g/mol. The average molecular weight is 1470 g/mol. The second-order valence-electron chi connectivity index (χ2n) is 25.2. The van der Waals surface area contributed by atoms with Crippen molar-refractivity contribution in [3.63, 3.8) is 0 Å². The first-order valence-electron chi connectivity index (χ1n) is 38.7. The average Bonchev–Trinajstić information content (AvgIpc) is 0.908. The summed E-state index contributed by atoms with van der Waals surface area (Å²) in [5.41, 5.74) is 0. The summed E-state index contributed by atoms with van der Waals surface area (Å²) in [5.74, 6) is -2.35. The molecule has 0 aliphatic rings. The minimum atomic E-state index is -5.00. The van der Waals surface area contributed by atoms with E-state index in [2.05, 4.69) is 167 Å². The van der Waals surface area contributed by atoms with E-state index in [1.54, 1.807) is 0 Å². The molecule has 5 atom stereocenters. The topological polar surface area (TPSA) is 237 Å². The molecule has 19 heteroatoms. The third-order valence-corrected chi connectivity index (χ3v) is 17.4. The molecule has 0 saturated heterocycles. The van der Waals surface area contributed by atoms with Crippen LogP contribution in [0, 0.1) is 0 Å². The number of ether oxygens (including phenoxy) is 4. The molecule has 0 fully saturated rings. The van der Waals surface area contributed by atoms with Gasteiger partial charge in [0, 0.05) is 25.7 Å². The van der Waals surface area contributed by atoms with E-state index in [1.807, 2.05) is 18.2 Å². The van der Waals surface area contributed by atoms with Gasteiger partial charge in [-0.25, -0.2) is 9.13 Å². The van der Waals surface area contributed by atoms with Gasteiger partial charge in [0.25, 0.3) is 0 Å². The lowest BCUT2D eigenvalue weighted by molar-refractivity contribution is -0.161. The highest BCUT2D eigenvalue weighted by atomic mass is 31.2. The highest BCUT2D eigenvalue weighted by Crippen LogP contribution is 2.45. The second kappa shape index (κ2) is 74.0. The Balaban J connectivity index is 5.46. The SMILES string of the molecule is CC/C=C\C/C=C\C/C=C\C/C=C\C/C=C\C/C=C\CCC(=O)OCC(COP(=O)(O)OCC(O)COP(=O)(O)OCC(COC(=O)CCCC/C=C\C/C=C\C/C=C\C/C=C\CC)OC(=O)CCCCCCC/C=C\C/C=C\C/C=C\CC)OC(=O)CCCCCCCCCCCCCCC. The zero-order valence-electron chi connectivity index (χ0n) is 63.2. The summed E-state index contributed by atoms with van der Waals surface area (Å²) in [6, 6.07) is 0. The maximum absolute atomic E-state index is 13.1. The van der Waals surface area contributed by atoms with Gasteiger partial charge >= 0.3 is 39.5 Å². The van der Waals surface area contributed by atoms with Gasteiger partial charge < -0.3 is 33.8 Å². The Morgan fingerprint density at radius 1 is 0.284 bits per heavy atom. The number of carbonyl (C=O) groups is 4. The molecule has 580 valence electrons. The summed E-state index contributed by atoms with van der Waals surface area (Å²) in [6.07, 6.45) is 85.4. The number of rotatable bonds is 71. The van der Waals surface area contributed by atoms with Gasteiger partial charge in [0.05, 0.1) is 26.4 Å². The lowest BCUT2D eigenvalue weighted by Crippen LogP contribution is -2.30. The van der Waals surface area contributed by atoms with Crippen LogP contribution in [0.25, 0.3) is 0 Å². The van der Waals surface area contributed by atoms with Crippen molar-refractivity contribution in [3.05, 3.63) is 158 Å². The molecule has 0 saturated carbocycles. The Morgan fingerprint density at radius 3 is 0.863 bits per heavy atom. The molecule has 0 amide bonds. The molecule has 0 aliphatic heterocycles. The van der Waals surface area contributed by atoms with Gasteiger partial charge in [-0.1, -0.05) is 282 Å². The first kappa shape index (κ1) is 96.7. The van der Waals surface area contributed by atoms with Crippen LogP contribution in [-0.2, 0) is 65.4 Å². The molecule has 0 aromatic heterocycles. The second-order valence-corrected chi connectivity index (χ2v) is 28.1. The van der Waals surface area contributed by atoms with Crippen LogP contribution in [0.2, 0.25) is 0 Å².